The molecule has 0 saturated carbocycles. The van der Waals surface area contributed by atoms with Crippen molar-refractivity contribution in [1.82, 2.24) is 10.2 Å². The summed E-state index contributed by atoms with van der Waals surface area (Å²) in [5, 5.41) is 11.4. The largest absolute Gasteiger partial charge is 0.444 e. The van der Waals surface area contributed by atoms with Gasteiger partial charge in [-0.15, -0.1) is 0 Å². The minimum Gasteiger partial charge on any atom is -0.444 e. The molecule has 1 fully saturated rings. The van der Waals surface area contributed by atoms with Gasteiger partial charge in [0.25, 0.3) is 0 Å². The lowest BCUT2D eigenvalue weighted by atomic mass is 10.0. The van der Waals surface area contributed by atoms with E-state index in [4.69, 9.17) is 10.00 Å². The van der Waals surface area contributed by atoms with Crippen molar-refractivity contribution in [3.8, 4) is 6.07 Å². The van der Waals surface area contributed by atoms with E-state index in [1.54, 1.807) is 0 Å². The van der Waals surface area contributed by atoms with E-state index in [9.17, 15) is 4.79 Å². The van der Waals surface area contributed by atoms with E-state index < -0.39 is 5.60 Å². The van der Waals surface area contributed by atoms with Crippen LogP contribution < -0.4 is 5.32 Å². The van der Waals surface area contributed by atoms with Crippen LogP contribution in [-0.2, 0) is 4.74 Å². The minimum atomic E-state index is -0.466. The Balaban J connectivity index is 2.20. The Morgan fingerprint density at radius 2 is 2.18 bits per heavy atom. The molecule has 5 nitrogen and oxygen atoms in total. The normalized spacial score (nSPS) is 19.0. The molecule has 96 valence electrons. The Morgan fingerprint density at radius 3 is 2.65 bits per heavy atom. The number of nitrogens with one attached hydrogen (secondary N) is 1. The second-order valence-corrected chi connectivity index (χ2v) is 5.59. The van der Waals surface area contributed by atoms with Crippen molar-refractivity contribution in [2.24, 2.45) is 5.92 Å². The number of nitrogens with zero attached hydrogens (tertiary/aromatic N) is 2. The van der Waals surface area contributed by atoms with Gasteiger partial charge >= 0.3 is 6.09 Å². The van der Waals surface area contributed by atoms with Gasteiger partial charge in [-0.25, -0.2) is 4.79 Å². The number of carbonyl (C=O) groups excluding carboxylic acids is 1. The van der Waals surface area contributed by atoms with Gasteiger partial charge in [0.05, 0.1) is 12.0 Å². The van der Waals surface area contributed by atoms with Gasteiger partial charge in [-0.2, -0.15) is 5.26 Å². The molecule has 1 aliphatic heterocycles. The quantitative estimate of drug-likeness (QED) is 0.807. The Kier molecular flexibility index (Phi) is 4.35. The van der Waals surface area contributed by atoms with E-state index in [-0.39, 0.29) is 18.1 Å². The number of nitriles is 1. The fraction of sp³-hybridized carbons (Fsp3) is 0.833. The smallest absolute Gasteiger partial charge is 0.407 e. The van der Waals surface area contributed by atoms with Crippen LogP contribution in [0.15, 0.2) is 0 Å². The summed E-state index contributed by atoms with van der Waals surface area (Å²) in [5.41, 5.74) is -0.466. The maximum atomic E-state index is 11.5. The van der Waals surface area contributed by atoms with Crippen LogP contribution in [0.4, 0.5) is 4.79 Å². The third-order valence-electron chi connectivity index (χ3n) is 2.43. The summed E-state index contributed by atoms with van der Waals surface area (Å²) in [5.74, 6) is 0.156. The molecule has 1 aliphatic rings. The van der Waals surface area contributed by atoms with Gasteiger partial charge in [-0.05, 0) is 27.7 Å². The molecule has 1 amide bonds. The molecule has 1 atom stereocenters. The summed E-state index contributed by atoms with van der Waals surface area (Å²) in [6.45, 7) is 9.81. The van der Waals surface area contributed by atoms with E-state index >= 15 is 0 Å². The lowest BCUT2D eigenvalue weighted by Crippen LogP contribution is -2.52. The van der Waals surface area contributed by atoms with Gasteiger partial charge < -0.3 is 10.1 Å². The molecule has 5 heteroatoms. The van der Waals surface area contributed by atoms with Crippen molar-refractivity contribution in [3.63, 3.8) is 0 Å². The lowest BCUT2D eigenvalue weighted by Gasteiger charge is -2.37. The van der Waals surface area contributed by atoms with Crippen molar-refractivity contribution in [2.45, 2.75) is 39.3 Å². The average molecular weight is 239 g/mol. The van der Waals surface area contributed by atoms with Crippen molar-refractivity contribution in [1.29, 1.82) is 5.26 Å². The molecule has 1 saturated heterocycles. The first-order valence-electron chi connectivity index (χ1n) is 5.91. The van der Waals surface area contributed by atoms with Crippen molar-refractivity contribution >= 4 is 6.09 Å². The van der Waals surface area contributed by atoms with Crippen LogP contribution in [0.25, 0.3) is 0 Å². The fourth-order valence-electron chi connectivity index (χ4n) is 1.74. The van der Waals surface area contributed by atoms with E-state index in [2.05, 4.69) is 16.3 Å². The Morgan fingerprint density at radius 1 is 1.59 bits per heavy atom. The van der Waals surface area contributed by atoms with Crippen molar-refractivity contribution < 1.29 is 9.53 Å². The average Bonchev–Trinajstić information content (AvgIpc) is 2.06. The zero-order valence-electron chi connectivity index (χ0n) is 11.0. The van der Waals surface area contributed by atoms with Crippen LogP contribution in [0, 0.1) is 17.2 Å². The van der Waals surface area contributed by atoms with E-state index in [1.165, 1.54) is 0 Å². The van der Waals surface area contributed by atoms with Crippen molar-refractivity contribution in [3.05, 3.63) is 0 Å². The third-order valence-corrected chi connectivity index (χ3v) is 2.43. The topological polar surface area (TPSA) is 65.4 Å². The highest BCUT2D eigenvalue weighted by Gasteiger charge is 2.28. The first kappa shape index (κ1) is 13.8. The number of carbonyl (C=O) groups is 1. The number of hydrogen-bond donors (Lipinski definition) is 1. The second kappa shape index (κ2) is 5.37. The van der Waals surface area contributed by atoms with E-state index in [0.29, 0.717) is 0 Å². The zero-order chi connectivity index (χ0) is 13.1. The van der Waals surface area contributed by atoms with Gasteiger partial charge in [0.1, 0.15) is 5.60 Å². The number of hydrogen-bond acceptors (Lipinski definition) is 4. The van der Waals surface area contributed by atoms with Crippen LogP contribution in [-0.4, -0.2) is 42.3 Å². The number of rotatable bonds is 3. The highest BCUT2D eigenvalue weighted by molar-refractivity contribution is 5.68. The Labute approximate surface area is 103 Å². The predicted molar refractivity (Wildman–Crippen MR) is 64.4 cm³/mol. The van der Waals surface area contributed by atoms with Gasteiger partial charge in [-0.3, -0.25) is 4.90 Å². The number of likely N-dealkylation sites (tertiary alicyclic amines) is 1. The molecule has 1 heterocycles. The highest BCUT2D eigenvalue weighted by atomic mass is 16.6. The molecule has 0 spiro atoms. The molecule has 0 unspecified atom stereocenters. The SMILES string of the molecule is C[C@H](CN1CC(C#N)C1)NC(=O)OC(C)(C)C. The number of alkyl carbamates (subject to hydrolysis) is 1. The maximum absolute atomic E-state index is 11.5. The molecule has 17 heavy (non-hydrogen) atoms. The van der Waals surface area contributed by atoms with Gasteiger partial charge in [0.2, 0.25) is 0 Å². The summed E-state index contributed by atoms with van der Waals surface area (Å²) >= 11 is 0. The van der Waals surface area contributed by atoms with Crippen LogP contribution in [0.2, 0.25) is 0 Å². The fourth-order valence-corrected chi connectivity index (χ4v) is 1.74. The Hall–Kier alpha value is -1.28. The molecule has 0 aromatic heterocycles. The van der Waals surface area contributed by atoms with Crippen molar-refractivity contribution in [2.75, 3.05) is 19.6 Å². The van der Waals surface area contributed by atoms with Crippen LogP contribution >= 0.6 is 0 Å². The molecular formula is C12H21N3O2. The minimum absolute atomic E-state index is 0.0319. The molecule has 0 bridgehead atoms. The second-order valence-electron chi connectivity index (χ2n) is 5.59. The molecule has 1 N–H and O–H groups in total. The molecule has 0 aliphatic carbocycles. The molecule has 0 radical (unpaired) electrons. The van der Waals surface area contributed by atoms with Crippen LogP contribution in [0.5, 0.6) is 0 Å². The number of ether oxygens (including phenoxy) is 1. The number of amides is 1. The van der Waals surface area contributed by atoms with E-state index in [1.807, 2.05) is 27.7 Å². The Bertz CT molecular complexity index is 311. The lowest BCUT2D eigenvalue weighted by molar-refractivity contribution is 0.0476. The van der Waals surface area contributed by atoms with Gasteiger partial charge in [0, 0.05) is 25.7 Å². The molecule has 0 aromatic carbocycles. The van der Waals surface area contributed by atoms with Crippen LogP contribution in [0.1, 0.15) is 27.7 Å². The zero-order valence-corrected chi connectivity index (χ0v) is 11.0. The standard InChI is InChI=1S/C12H21N3O2/c1-9(6-15-7-10(5-13)8-15)14-11(16)17-12(2,3)4/h9-10H,6-8H2,1-4H3,(H,14,16)/t9-/m1/s1. The van der Waals surface area contributed by atoms with Gasteiger partial charge in [-0.1, -0.05) is 0 Å². The summed E-state index contributed by atoms with van der Waals surface area (Å²) in [6, 6.07) is 2.25. The molecular weight excluding hydrogens is 218 g/mol. The summed E-state index contributed by atoms with van der Waals surface area (Å²) in [4.78, 5) is 13.6. The predicted octanol–water partition coefficient (Wildman–Crippen LogP) is 1.35. The highest BCUT2D eigenvalue weighted by Crippen LogP contribution is 2.14. The maximum Gasteiger partial charge on any atom is 0.407 e. The summed E-state index contributed by atoms with van der Waals surface area (Å²) in [7, 11) is 0. The monoisotopic (exact) mass is 239 g/mol. The van der Waals surface area contributed by atoms with Gasteiger partial charge in [0.15, 0.2) is 0 Å². The molecule has 1 rings (SSSR count). The van der Waals surface area contributed by atoms with E-state index in [0.717, 1.165) is 19.6 Å². The summed E-state index contributed by atoms with van der Waals surface area (Å²) in [6.07, 6.45) is -0.387. The first-order valence-corrected chi connectivity index (χ1v) is 5.91. The summed E-state index contributed by atoms with van der Waals surface area (Å²) < 4.78 is 5.16. The first-order chi connectivity index (χ1) is 7.80. The third kappa shape index (κ3) is 5.05. The van der Waals surface area contributed by atoms with Crippen LogP contribution in [0.3, 0.4) is 0 Å². The molecule has 0 aromatic rings.